The van der Waals surface area contributed by atoms with Gasteiger partial charge in [0.15, 0.2) is 5.16 Å². The zero-order valence-electron chi connectivity index (χ0n) is 9.82. The zero-order chi connectivity index (χ0) is 13.2. The van der Waals surface area contributed by atoms with Crippen molar-refractivity contribution in [3.8, 4) is 5.95 Å². The molecule has 0 unspecified atom stereocenters. The fraction of sp³-hybridized carbons (Fsp3) is 0.0909. The van der Waals surface area contributed by atoms with E-state index in [2.05, 4.69) is 19.9 Å². The number of imidazole rings is 1. The molecule has 19 heavy (non-hydrogen) atoms. The molecule has 0 aliphatic rings. The summed E-state index contributed by atoms with van der Waals surface area (Å²) in [5.74, 6) is 1.24. The molecule has 3 heterocycles. The van der Waals surface area contributed by atoms with Gasteiger partial charge in [-0.3, -0.25) is 4.57 Å². The smallest absolute Gasteiger partial charge is 0.240 e. The van der Waals surface area contributed by atoms with Gasteiger partial charge >= 0.3 is 0 Å². The molecule has 3 aromatic rings. The van der Waals surface area contributed by atoms with Gasteiger partial charge in [0.05, 0.1) is 11.2 Å². The van der Waals surface area contributed by atoms with Crippen molar-refractivity contribution in [2.24, 2.45) is 0 Å². The van der Waals surface area contributed by atoms with Crippen molar-refractivity contribution in [1.29, 1.82) is 0 Å². The van der Waals surface area contributed by atoms with Crippen LogP contribution in [0.4, 0.5) is 0 Å². The summed E-state index contributed by atoms with van der Waals surface area (Å²) >= 11 is 7.29. The Bertz CT molecular complexity index is 697. The van der Waals surface area contributed by atoms with E-state index in [-0.39, 0.29) is 5.28 Å². The van der Waals surface area contributed by atoms with Gasteiger partial charge in [-0.1, -0.05) is 0 Å². The van der Waals surface area contributed by atoms with E-state index < -0.39 is 0 Å². The Morgan fingerprint density at radius 3 is 2.89 bits per heavy atom. The quantitative estimate of drug-likeness (QED) is 0.739. The summed E-state index contributed by atoms with van der Waals surface area (Å²) in [4.78, 5) is 17.4. The SMILES string of the molecule is Cc1occc1Sc1nc(Cl)nc(-n2ccnc2)n1. The van der Waals surface area contributed by atoms with E-state index in [0.29, 0.717) is 11.1 Å². The maximum Gasteiger partial charge on any atom is 0.240 e. The maximum atomic E-state index is 5.91. The first-order valence-electron chi connectivity index (χ1n) is 5.34. The second kappa shape index (κ2) is 5.02. The molecule has 0 aromatic carbocycles. The summed E-state index contributed by atoms with van der Waals surface area (Å²) in [6.45, 7) is 1.88. The maximum absolute atomic E-state index is 5.91. The molecule has 0 saturated carbocycles. The van der Waals surface area contributed by atoms with Crippen LogP contribution in [0.5, 0.6) is 0 Å². The number of aryl methyl sites for hydroxylation is 1. The molecule has 0 amide bonds. The number of furan rings is 1. The third kappa shape index (κ3) is 2.61. The molecule has 0 spiro atoms. The van der Waals surface area contributed by atoms with Gasteiger partial charge in [-0.25, -0.2) is 4.98 Å². The van der Waals surface area contributed by atoms with Crippen LogP contribution < -0.4 is 0 Å². The minimum atomic E-state index is 0.141. The number of halogens is 1. The predicted molar refractivity (Wildman–Crippen MR) is 69.5 cm³/mol. The topological polar surface area (TPSA) is 69.6 Å². The lowest BCUT2D eigenvalue weighted by Gasteiger charge is -2.03. The van der Waals surface area contributed by atoms with Crippen LogP contribution in [0.2, 0.25) is 5.28 Å². The minimum absolute atomic E-state index is 0.141. The lowest BCUT2D eigenvalue weighted by atomic mass is 10.5. The molecule has 3 rings (SSSR count). The Kier molecular flexibility index (Phi) is 3.22. The number of aromatic nitrogens is 5. The molecule has 0 aliphatic heterocycles. The predicted octanol–water partition coefficient (Wildman–Crippen LogP) is 2.76. The van der Waals surface area contributed by atoms with E-state index in [4.69, 9.17) is 16.0 Å². The van der Waals surface area contributed by atoms with Crippen LogP contribution in [0.15, 0.2) is 45.5 Å². The van der Waals surface area contributed by atoms with Gasteiger partial charge < -0.3 is 4.42 Å². The third-order valence-corrected chi connectivity index (χ3v) is 3.50. The molecule has 6 nitrogen and oxygen atoms in total. The van der Waals surface area contributed by atoms with Crippen molar-refractivity contribution in [2.45, 2.75) is 17.0 Å². The molecule has 0 aliphatic carbocycles. The summed E-state index contributed by atoms with van der Waals surface area (Å²) in [6.07, 6.45) is 6.61. The third-order valence-electron chi connectivity index (χ3n) is 2.32. The Morgan fingerprint density at radius 2 is 2.21 bits per heavy atom. The minimum Gasteiger partial charge on any atom is -0.468 e. The average Bonchev–Trinajstić information content (AvgIpc) is 3.01. The summed E-state index contributed by atoms with van der Waals surface area (Å²) in [5, 5.41) is 0.649. The fourth-order valence-corrected chi connectivity index (χ4v) is 2.42. The van der Waals surface area contributed by atoms with Crippen LogP contribution in [-0.4, -0.2) is 24.5 Å². The molecule has 96 valence electrons. The monoisotopic (exact) mass is 293 g/mol. The molecule has 3 aromatic heterocycles. The lowest BCUT2D eigenvalue weighted by molar-refractivity contribution is 0.527. The van der Waals surface area contributed by atoms with Gasteiger partial charge in [-0.05, 0) is 36.4 Å². The number of hydrogen-bond acceptors (Lipinski definition) is 6. The number of hydrogen-bond donors (Lipinski definition) is 0. The largest absolute Gasteiger partial charge is 0.468 e. The molecular weight excluding hydrogens is 286 g/mol. The van der Waals surface area contributed by atoms with Gasteiger partial charge in [-0.2, -0.15) is 15.0 Å². The summed E-state index contributed by atoms with van der Waals surface area (Å²) in [7, 11) is 0. The molecule has 0 saturated heterocycles. The normalized spacial score (nSPS) is 10.8. The first kappa shape index (κ1) is 12.2. The van der Waals surface area contributed by atoms with E-state index in [9.17, 15) is 0 Å². The molecular formula is C11H8ClN5OS. The molecule has 0 fully saturated rings. The van der Waals surface area contributed by atoms with Crippen LogP contribution in [0.25, 0.3) is 5.95 Å². The average molecular weight is 294 g/mol. The molecule has 0 bridgehead atoms. The van der Waals surface area contributed by atoms with Crippen molar-refractivity contribution in [3.63, 3.8) is 0 Å². The van der Waals surface area contributed by atoms with Crippen LogP contribution >= 0.6 is 23.4 Å². The van der Waals surface area contributed by atoms with Gasteiger partial charge in [0.1, 0.15) is 12.1 Å². The first-order chi connectivity index (χ1) is 9.22. The summed E-state index contributed by atoms with van der Waals surface area (Å²) in [5.41, 5.74) is 0. The van der Waals surface area contributed by atoms with Crippen LogP contribution in [0.1, 0.15) is 5.76 Å². The van der Waals surface area contributed by atoms with Crippen molar-refractivity contribution < 1.29 is 4.42 Å². The number of nitrogens with zero attached hydrogens (tertiary/aromatic N) is 5. The van der Waals surface area contributed by atoms with E-state index in [0.717, 1.165) is 10.7 Å². The molecule has 8 heteroatoms. The highest BCUT2D eigenvalue weighted by Gasteiger charge is 2.10. The zero-order valence-corrected chi connectivity index (χ0v) is 11.4. The highest BCUT2D eigenvalue weighted by molar-refractivity contribution is 7.99. The van der Waals surface area contributed by atoms with Crippen molar-refractivity contribution in [2.75, 3.05) is 0 Å². The van der Waals surface area contributed by atoms with Crippen LogP contribution in [0, 0.1) is 6.92 Å². The summed E-state index contributed by atoms with van der Waals surface area (Å²) in [6, 6.07) is 1.86. The molecule has 0 N–H and O–H groups in total. The Labute approximate surface area is 117 Å². The van der Waals surface area contributed by atoms with E-state index in [1.807, 2.05) is 13.0 Å². The highest BCUT2D eigenvalue weighted by atomic mass is 35.5. The van der Waals surface area contributed by atoms with Gasteiger partial charge in [0.2, 0.25) is 11.2 Å². The van der Waals surface area contributed by atoms with E-state index in [1.165, 1.54) is 11.8 Å². The van der Waals surface area contributed by atoms with E-state index >= 15 is 0 Å². The highest BCUT2D eigenvalue weighted by Crippen LogP contribution is 2.29. The van der Waals surface area contributed by atoms with Gasteiger partial charge in [-0.15, -0.1) is 0 Å². The van der Waals surface area contributed by atoms with Crippen molar-refractivity contribution in [1.82, 2.24) is 24.5 Å². The van der Waals surface area contributed by atoms with Crippen LogP contribution in [-0.2, 0) is 0 Å². The Hall–Kier alpha value is -1.86. The lowest BCUT2D eigenvalue weighted by Crippen LogP contribution is -2.02. The molecule has 0 atom stereocenters. The van der Waals surface area contributed by atoms with Crippen molar-refractivity contribution in [3.05, 3.63) is 42.1 Å². The number of rotatable bonds is 3. The van der Waals surface area contributed by atoms with Crippen molar-refractivity contribution >= 4 is 23.4 Å². The van der Waals surface area contributed by atoms with Gasteiger partial charge in [0.25, 0.3) is 0 Å². The van der Waals surface area contributed by atoms with Gasteiger partial charge in [0, 0.05) is 12.4 Å². The fourth-order valence-electron chi connectivity index (χ4n) is 1.44. The van der Waals surface area contributed by atoms with E-state index in [1.54, 1.807) is 29.6 Å². The Balaban J connectivity index is 1.96. The molecule has 0 radical (unpaired) electrons. The second-order valence-corrected chi connectivity index (χ2v) is 4.95. The Morgan fingerprint density at radius 1 is 1.32 bits per heavy atom. The van der Waals surface area contributed by atoms with Crippen LogP contribution in [0.3, 0.4) is 0 Å². The standard InChI is InChI=1S/C11H8ClN5OS/c1-7-8(2-5-18-7)19-11-15-9(12)14-10(16-11)17-4-3-13-6-17/h2-6H,1H3. The first-order valence-corrected chi connectivity index (χ1v) is 6.53. The summed E-state index contributed by atoms with van der Waals surface area (Å²) < 4.78 is 6.90. The second-order valence-electron chi connectivity index (χ2n) is 3.60.